The van der Waals surface area contributed by atoms with Gasteiger partial charge in [-0.05, 0) is 56.9 Å². The van der Waals surface area contributed by atoms with E-state index in [9.17, 15) is 9.90 Å². The number of morpholine rings is 1. The summed E-state index contributed by atoms with van der Waals surface area (Å²) in [5, 5.41) is 18.8. The lowest BCUT2D eigenvalue weighted by Gasteiger charge is -2.26. The topological polar surface area (TPSA) is 76.8 Å². The van der Waals surface area contributed by atoms with Crippen LogP contribution in [-0.2, 0) is 4.74 Å². The summed E-state index contributed by atoms with van der Waals surface area (Å²) in [7, 11) is 0. The molecule has 6 rings (SSSR count). The molecule has 0 bridgehead atoms. The van der Waals surface area contributed by atoms with Crippen molar-refractivity contribution in [1.29, 1.82) is 0 Å². The van der Waals surface area contributed by atoms with Crippen LogP contribution in [0, 0.1) is 0 Å². The molecule has 0 saturated carbocycles. The third kappa shape index (κ3) is 4.67. The number of aromatic carboxylic acids is 1. The van der Waals surface area contributed by atoms with E-state index >= 15 is 0 Å². The quantitative estimate of drug-likeness (QED) is 0.312. The summed E-state index contributed by atoms with van der Waals surface area (Å²) >= 11 is 0. The molecule has 7 heteroatoms. The zero-order chi connectivity index (χ0) is 25.2. The molecule has 0 radical (unpaired) electrons. The molecule has 1 saturated heterocycles. The number of fused-ring (bicyclic) bond motifs is 2. The highest BCUT2D eigenvalue weighted by molar-refractivity contribution is 6.05. The highest BCUT2D eigenvalue weighted by Gasteiger charge is 2.20. The van der Waals surface area contributed by atoms with Crippen molar-refractivity contribution in [3.8, 4) is 22.7 Å². The monoisotopic (exact) mass is 493 g/mol. The number of hydrogen-bond donors (Lipinski definition) is 1. The molecule has 0 amide bonds. The van der Waals surface area contributed by atoms with Crippen LogP contribution in [0.4, 0.5) is 0 Å². The Balaban J connectivity index is 1.29. The van der Waals surface area contributed by atoms with Gasteiger partial charge in [0, 0.05) is 19.6 Å². The van der Waals surface area contributed by atoms with E-state index in [1.54, 1.807) is 4.68 Å². The molecule has 1 aromatic heterocycles. The van der Waals surface area contributed by atoms with Crippen LogP contribution < -0.4 is 4.74 Å². The van der Waals surface area contributed by atoms with Crippen LogP contribution in [0.25, 0.3) is 38.4 Å². The van der Waals surface area contributed by atoms with Crippen LogP contribution in [0.15, 0.2) is 85.1 Å². The van der Waals surface area contributed by atoms with Crippen LogP contribution in [0.1, 0.15) is 10.4 Å². The number of carboxylic acid groups (broad SMARTS) is 1. The molecular weight excluding hydrogens is 466 g/mol. The molecule has 0 atom stereocenters. The molecule has 186 valence electrons. The third-order valence-corrected chi connectivity index (χ3v) is 6.88. The molecule has 4 aromatic carbocycles. The molecule has 0 unspecified atom stereocenters. The maximum atomic E-state index is 11.8. The van der Waals surface area contributed by atoms with Crippen molar-refractivity contribution in [1.82, 2.24) is 14.7 Å². The van der Waals surface area contributed by atoms with E-state index in [1.807, 2.05) is 24.3 Å². The molecule has 37 heavy (non-hydrogen) atoms. The average molecular weight is 494 g/mol. The van der Waals surface area contributed by atoms with Gasteiger partial charge in [-0.2, -0.15) is 5.10 Å². The van der Waals surface area contributed by atoms with Crippen LogP contribution in [-0.4, -0.2) is 65.2 Å². The number of ether oxygens (including phenoxy) is 2. The molecule has 1 fully saturated rings. The fraction of sp³-hybridized carbons (Fsp3) is 0.200. The number of rotatable bonds is 7. The van der Waals surface area contributed by atoms with Gasteiger partial charge < -0.3 is 14.6 Å². The van der Waals surface area contributed by atoms with Crippen molar-refractivity contribution in [2.75, 3.05) is 39.5 Å². The summed E-state index contributed by atoms with van der Waals surface area (Å²) in [5.74, 6) is -0.822. The Bertz CT molecular complexity index is 1570. The van der Waals surface area contributed by atoms with Crippen molar-refractivity contribution in [2.45, 2.75) is 0 Å². The highest BCUT2D eigenvalue weighted by Crippen LogP contribution is 2.33. The second-order valence-corrected chi connectivity index (χ2v) is 9.16. The first-order valence-corrected chi connectivity index (χ1v) is 12.4. The number of benzene rings is 4. The van der Waals surface area contributed by atoms with Gasteiger partial charge in [0.2, 0.25) is 5.88 Å². The van der Waals surface area contributed by atoms with Crippen LogP contribution >= 0.6 is 0 Å². The summed E-state index contributed by atoms with van der Waals surface area (Å²) in [6.07, 6.45) is 1.34. The van der Waals surface area contributed by atoms with Gasteiger partial charge in [-0.3, -0.25) is 4.90 Å². The molecule has 7 nitrogen and oxygen atoms in total. The van der Waals surface area contributed by atoms with Crippen LogP contribution in [0.3, 0.4) is 0 Å². The first kappa shape index (κ1) is 23.2. The second-order valence-electron chi connectivity index (χ2n) is 9.16. The van der Waals surface area contributed by atoms with Gasteiger partial charge in [0.1, 0.15) is 12.2 Å². The summed E-state index contributed by atoms with van der Waals surface area (Å²) < 4.78 is 12.9. The largest absolute Gasteiger partial charge is 0.477 e. The van der Waals surface area contributed by atoms with E-state index in [0.29, 0.717) is 26.4 Å². The van der Waals surface area contributed by atoms with Crippen molar-refractivity contribution in [3.63, 3.8) is 0 Å². The minimum Gasteiger partial charge on any atom is -0.477 e. The number of aromatic nitrogens is 2. The molecule has 0 aliphatic carbocycles. The Morgan fingerprint density at radius 2 is 1.65 bits per heavy atom. The fourth-order valence-electron chi connectivity index (χ4n) is 4.90. The Morgan fingerprint density at radius 3 is 2.41 bits per heavy atom. The number of carbonyl (C=O) groups is 1. The summed E-state index contributed by atoms with van der Waals surface area (Å²) in [5.41, 5.74) is 3.00. The van der Waals surface area contributed by atoms with E-state index < -0.39 is 5.97 Å². The Hall–Kier alpha value is -4.20. The first-order chi connectivity index (χ1) is 18.2. The Labute approximate surface area is 214 Å². The van der Waals surface area contributed by atoms with Gasteiger partial charge in [0.25, 0.3) is 0 Å². The Kier molecular flexibility index (Phi) is 6.30. The van der Waals surface area contributed by atoms with Crippen molar-refractivity contribution < 1.29 is 19.4 Å². The van der Waals surface area contributed by atoms with Gasteiger partial charge >= 0.3 is 5.97 Å². The molecule has 1 N–H and O–H groups in total. The molecule has 2 heterocycles. The van der Waals surface area contributed by atoms with E-state index in [2.05, 4.69) is 64.6 Å². The SMILES string of the molecule is O=C(O)c1cnn(-c2ccc(-c3cccc4cc5ccccc5cc34)cc2)c1OCCN1CCOCC1. The maximum Gasteiger partial charge on any atom is 0.342 e. The third-order valence-electron chi connectivity index (χ3n) is 6.88. The average Bonchev–Trinajstić information content (AvgIpc) is 3.36. The summed E-state index contributed by atoms with van der Waals surface area (Å²) in [6, 6.07) is 27.2. The number of nitrogens with zero attached hydrogens (tertiary/aromatic N) is 3. The van der Waals surface area contributed by atoms with Crippen molar-refractivity contribution in [3.05, 3.63) is 90.6 Å². The normalized spacial score (nSPS) is 14.3. The van der Waals surface area contributed by atoms with Crippen molar-refractivity contribution >= 4 is 27.5 Å². The predicted molar refractivity (Wildman–Crippen MR) is 144 cm³/mol. The van der Waals surface area contributed by atoms with Crippen molar-refractivity contribution in [2.24, 2.45) is 0 Å². The van der Waals surface area contributed by atoms with E-state index in [-0.39, 0.29) is 11.4 Å². The van der Waals surface area contributed by atoms with Gasteiger partial charge in [-0.15, -0.1) is 0 Å². The molecule has 1 aliphatic rings. The molecule has 0 spiro atoms. The minimum atomic E-state index is -1.06. The number of hydrogen-bond acceptors (Lipinski definition) is 5. The van der Waals surface area contributed by atoms with Crippen LogP contribution in [0.2, 0.25) is 0 Å². The van der Waals surface area contributed by atoms with Gasteiger partial charge in [-0.1, -0.05) is 54.6 Å². The fourth-order valence-corrected chi connectivity index (χ4v) is 4.90. The molecule has 1 aliphatic heterocycles. The van der Waals surface area contributed by atoms with Gasteiger partial charge in [-0.25, -0.2) is 9.48 Å². The zero-order valence-corrected chi connectivity index (χ0v) is 20.3. The molecular formula is C30H27N3O4. The standard InChI is InChI=1S/C30H27N3O4/c34-30(35)28-20-31-33(29(28)37-17-14-32-12-15-36-16-13-32)25-10-8-21(9-11-25)26-7-3-6-24-18-22-4-1-2-5-23(22)19-27(24)26/h1-11,18-20H,12-17H2,(H,34,35). The maximum absolute atomic E-state index is 11.8. The lowest BCUT2D eigenvalue weighted by Crippen LogP contribution is -2.38. The van der Waals surface area contributed by atoms with Gasteiger partial charge in [0.05, 0.1) is 25.1 Å². The summed E-state index contributed by atoms with van der Waals surface area (Å²) in [4.78, 5) is 14.1. The lowest BCUT2D eigenvalue weighted by molar-refractivity contribution is 0.0317. The van der Waals surface area contributed by atoms with E-state index in [4.69, 9.17) is 9.47 Å². The second kappa shape index (κ2) is 10.0. The predicted octanol–water partition coefficient (Wildman–Crippen LogP) is 5.25. The van der Waals surface area contributed by atoms with E-state index in [0.717, 1.165) is 29.9 Å². The first-order valence-electron chi connectivity index (χ1n) is 12.4. The highest BCUT2D eigenvalue weighted by atomic mass is 16.5. The smallest absolute Gasteiger partial charge is 0.342 e. The molecule has 5 aromatic rings. The number of carboxylic acids is 1. The lowest BCUT2D eigenvalue weighted by atomic mass is 9.95. The summed E-state index contributed by atoms with van der Waals surface area (Å²) in [6.45, 7) is 4.17. The zero-order valence-electron chi connectivity index (χ0n) is 20.3. The Morgan fingerprint density at radius 1 is 0.919 bits per heavy atom. The minimum absolute atomic E-state index is 0.0481. The van der Waals surface area contributed by atoms with E-state index in [1.165, 1.54) is 27.7 Å². The van der Waals surface area contributed by atoms with Crippen LogP contribution in [0.5, 0.6) is 5.88 Å². The van der Waals surface area contributed by atoms with Gasteiger partial charge in [0.15, 0.2) is 0 Å².